The maximum atomic E-state index is 14.2. The molecular weight excluding hydrogens is 742 g/mol. The van der Waals surface area contributed by atoms with Gasteiger partial charge in [0.2, 0.25) is 0 Å². The van der Waals surface area contributed by atoms with Crippen molar-refractivity contribution in [2.75, 3.05) is 10.4 Å². The van der Waals surface area contributed by atoms with Crippen LogP contribution in [0.2, 0.25) is 0 Å². The SMILES string of the molecule is Cc1nc(-c2cccc(F)c2)ncc1C(=O)NN(c1ccccc1)c1ccccc1.Cc1nc(-c2cccc(F)c2)ncc1C(=O)Nn1cc(C)c2cccc(F)c21. The molecule has 3 aromatic heterocycles. The van der Waals surface area contributed by atoms with E-state index in [9.17, 15) is 22.8 Å². The first-order chi connectivity index (χ1) is 28.0. The Bertz CT molecular complexity index is 2720. The van der Waals surface area contributed by atoms with Gasteiger partial charge in [0.15, 0.2) is 11.6 Å². The van der Waals surface area contributed by atoms with E-state index in [1.54, 1.807) is 61.5 Å². The zero-order valence-electron chi connectivity index (χ0n) is 31.5. The number of carbonyl (C=O) groups excluding carboxylic acids is 2. The first kappa shape index (κ1) is 38.6. The average Bonchev–Trinajstić information content (AvgIpc) is 3.55. The van der Waals surface area contributed by atoms with Gasteiger partial charge in [-0.3, -0.25) is 30.1 Å². The molecule has 0 unspecified atom stereocenters. The molecule has 5 aromatic carbocycles. The van der Waals surface area contributed by atoms with Crippen LogP contribution in [0.25, 0.3) is 33.7 Å². The van der Waals surface area contributed by atoms with Crippen LogP contribution in [0.3, 0.4) is 0 Å². The van der Waals surface area contributed by atoms with E-state index in [4.69, 9.17) is 0 Å². The molecule has 58 heavy (non-hydrogen) atoms. The number of rotatable bonds is 8. The lowest BCUT2D eigenvalue weighted by atomic mass is 10.2. The molecule has 2 amide bonds. The van der Waals surface area contributed by atoms with Crippen molar-refractivity contribution in [3.8, 4) is 22.8 Å². The minimum Gasteiger partial charge on any atom is -0.267 e. The molecule has 3 heterocycles. The van der Waals surface area contributed by atoms with E-state index < -0.39 is 17.5 Å². The predicted octanol–water partition coefficient (Wildman–Crippen LogP) is 9.45. The number of aryl methyl sites for hydroxylation is 3. The van der Waals surface area contributed by atoms with E-state index in [1.165, 1.54) is 47.4 Å². The third-order valence-corrected chi connectivity index (χ3v) is 9.05. The van der Waals surface area contributed by atoms with Crippen LogP contribution in [-0.2, 0) is 0 Å². The lowest BCUT2D eigenvalue weighted by Gasteiger charge is -2.25. The van der Waals surface area contributed by atoms with Crippen molar-refractivity contribution in [1.82, 2.24) is 30.0 Å². The van der Waals surface area contributed by atoms with Crippen molar-refractivity contribution >= 4 is 34.1 Å². The molecule has 13 heteroatoms. The van der Waals surface area contributed by atoms with Crippen molar-refractivity contribution in [3.63, 3.8) is 0 Å². The highest BCUT2D eigenvalue weighted by atomic mass is 19.1. The number of aromatic nitrogens is 5. The van der Waals surface area contributed by atoms with E-state index in [2.05, 4.69) is 30.8 Å². The number of nitrogens with one attached hydrogen (secondary N) is 2. The van der Waals surface area contributed by atoms with Gasteiger partial charge < -0.3 is 0 Å². The highest BCUT2D eigenvalue weighted by Crippen LogP contribution is 2.25. The Kier molecular flexibility index (Phi) is 11.3. The molecule has 8 rings (SSSR count). The molecule has 0 fully saturated rings. The van der Waals surface area contributed by atoms with Gasteiger partial charge in [0.05, 0.1) is 33.9 Å². The third-order valence-electron chi connectivity index (χ3n) is 9.05. The van der Waals surface area contributed by atoms with Crippen molar-refractivity contribution in [3.05, 3.63) is 192 Å². The van der Waals surface area contributed by atoms with E-state index in [1.807, 2.05) is 67.6 Å². The molecule has 0 saturated carbocycles. The summed E-state index contributed by atoms with van der Waals surface area (Å²) in [6.45, 7) is 5.24. The van der Waals surface area contributed by atoms with Gasteiger partial charge >= 0.3 is 0 Å². The number of anilines is 2. The Hall–Kier alpha value is -7.67. The fourth-order valence-electron chi connectivity index (χ4n) is 6.17. The van der Waals surface area contributed by atoms with Gasteiger partial charge in [0.1, 0.15) is 23.0 Å². The van der Waals surface area contributed by atoms with E-state index in [0.29, 0.717) is 45.2 Å². The second kappa shape index (κ2) is 17.0. The summed E-state index contributed by atoms with van der Waals surface area (Å²) in [4.78, 5) is 42.9. The number of halogens is 3. The molecule has 0 atom stereocenters. The summed E-state index contributed by atoms with van der Waals surface area (Å²) in [7, 11) is 0. The van der Waals surface area contributed by atoms with Gasteiger partial charge in [-0.1, -0.05) is 72.8 Å². The number of benzene rings is 5. The quantitative estimate of drug-likeness (QED) is 0.148. The number of hydrogen-bond acceptors (Lipinski definition) is 7. The Morgan fingerprint density at radius 3 is 1.60 bits per heavy atom. The molecule has 8 aromatic rings. The van der Waals surface area contributed by atoms with E-state index >= 15 is 0 Å². The number of carbonyl (C=O) groups is 2. The molecule has 2 N–H and O–H groups in total. The normalized spacial score (nSPS) is 10.7. The van der Waals surface area contributed by atoms with E-state index in [-0.39, 0.29) is 17.3 Å². The second-order valence-electron chi connectivity index (χ2n) is 13.1. The van der Waals surface area contributed by atoms with Crippen LogP contribution < -0.4 is 15.9 Å². The Labute approximate surface area is 331 Å². The summed E-state index contributed by atoms with van der Waals surface area (Å²) in [5, 5.41) is 2.43. The maximum absolute atomic E-state index is 14.2. The minimum absolute atomic E-state index is 0.246. The molecule has 10 nitrogen and oxygen atoms in total. The highest BCUT2D eigenvalue weighted by Gasteiger charge is 2.19. The number of para-hydroxylation sites is 3. The van der Waals surface area contributed by atoms with Crippen LogP contribution in [0.5, 0.6) is 0 Å². The number of fused-ring (bicyclic) bond motifs is 1. The number of hydrogen-bond donors (Lipinski definition) is 2. The first-order valence-electron chi connectivity index (χ1n) is 18.0. The molecule has 0 aliphatic rings. The molecule has 288 valence electrons. The van der Waals surface area contributed by atoms with Crippen molar-refractivity contribution < 1.29 is 22.8 Å². The molecule has 0 aliphatic heterocycles. The molecule has 0 spiro atoms. The fourth-order valence-corrected chi connectivity index (χ4v) is 6.17. The summed E-state index contributed by atoms with van der Waals surface area (Å²) in [5.74, 6) is -1.31. The minimum atomic E-state index is -0.469. The topological polar surface area (TPSA) is 118 Å². The van der Waals surface area contributed by atoms with Crippen molar-refractivity contribution in [2.24, 2.45) is 0 Å². The zero-order chi connectivity index (χ0) is 40.8. The molecule has 0 radical (unpaired) electrons. The Morgan fingerprint density at radius 1 is 0.603 bits per heavy atom. The number of hydrazine groups is 1. The van der Waals surface area contributed by atoms with Gasteiger partial charge in [-0.2, -0.15) is 0 Å². The van der Waals surface area contributed by atoms with Crippen LogP contribution in [0.15, 0.2) is 146 Å². The standard InChI is InChI=1S/C24H19FN4O.C21H16F2N4O/c1-17-22(16-26-23(27-17)18-9-8-10-19(25)15-18)24(30)28-29(20-11-4-2-5-12-20)21-13-6-3-7-14-21;1-12-11-27(19-16(12)7-4-8-18(19)23)26-21(28)17-10-24-20(25-13(17)2)14-5-3-6-15(22)9-14/h2-16H,1H3,(H,28,30);3-11H,1-2H3,(H,26,28). The fraction of sp³-hybridized carbons (Fsp3) is 0.0667. The molecule has 0 aliphatic carbocycles. The highest BCUT2D eigenvalue weighted by molar-refractivity contribution is 6.02. The molecular formula is C45H35F3N8O2. The smallest absolute Gasteiger partial charge is 0.267 e. The lowest BCUT2D eigenvalue weighted by molar-refractivity contribution is 0.0951. The summed E-state index contributed by atoms with van der Waals surface area (Å²) in [5.41, 5.74) is 10.9. The summed E-state index contributed by atoms with van der Waals surface area (Å²) in [6, 6.07) is 35.8. The summed E-state index contributed by atoms with van der Waals surface area (Å²) >= 11 is 0. The largest absolute Gasteiger partial charge is 0.273 e. The Morgan fingerprint density at radius 2 is 1.10 bits per heavy atom. The van der Waals surface area contributed by atoms with Gasteiger partial charge in [0.25, 0.3) is 11.8 Å². The Balaban J connectivity index is 0.000000177. The van der Waals surface area contributed by atoms with Crippen LogP contribution >= 0.6 is 0 Å². The van der Waals surface area contributed by atoms with Gasteiger partial charge in [-0.25, -0.2) is 33.1 Å². The average molecular weight is 777 g/mol. The number of nitrogens with zero attached hydrogens (tertiary/aromatic N) is 6. The summed E-state index contributed by atoms with van der Waals surface area (Å²) < 4.78 is 42.5. The van der Waals surface area contributed by atoms with Gasteiger partial charge in [-0.15, -0.1) is 0 Å². The monoisotopic (exact) mass is 776 g/mol. The number of amides is 2. The lowest BCUT2D eigenvalue weighted by Crippen LogP contribution is -2.39. The van der Waals surface area contributed by atoms with Crippen LogP contribution in [0.4, 0.5) is 24.5 Å². The van der Waals surface area contributed by atoms with Crippen LogP contribution in [-0.4, -0.2) is 36.4 Å². The third kappa shape index (κ3) is 8.58. The second-order valence-corrected chi connectivity index (χ2v) is 13.1. The predicted molar refractivity (Wildman–Crippen MR) is 217 cm³/mol. The maximum Gasteiger partial charge on any atom is 0.273 e. The van der Waals surface area contributed by atoms with Crippen LogP contribution in [0, 0.1) is 38.2 Å². The molecule has 0 saturated heterocycles. The van der Waals surface area contributed by atoms with Crippen molar-refractivity contribution in [1.29, 1.82) is 0 Å². The summed E-state index contributed by atoms with van der Waals surface area (Å²) in [6.07, 6.45) is 4.50. The van der Waals surface area contributed by atoms with Crippen LogP contribution in [0.1, 0.15) is 37.7 Å². The van der Waals surface area contributed by atoms with E-state index in [0.717, 1.165) is 22.3 Å². The molecule has 0 bridgehead atoms. The zero-order valence-corrected chi connectivity index (χ0v) is 31.5. The van der Waals surface area contributed by atoms with Gasteiger partial charge in [-0.05, 0) is 80.9 Å². The van der Waals surface area contributed by atoms with Gasteiger partial charge in [0, 0.05) is 35.1 Å². The van der Waals surface area contributed by atoms with Crippen molar-refractivity contribution in [2.45, 2.75) is 20.8 Å². The first-order valence-corrected chi connectivity index (χ1v) is 18.0.